The molecule has 0 atom stereocenters. The summed E-state index contributed by atoms with van der Waals surface area (Å²) in [5.41, 5.74) is 0. The van der Waals surface area contributed by atoms with E-state index in [2.05, 4.69) is 11.2 Å². The molecule has 0 heterocycles. The summed E-state index contributed by atoms with van der Waals surface area (Å²) >= 11 is 1.19. The number of ether oxygens (including phenoxy) is 1. The molecule has 0 bridgehead atoms. The lowest BCUT2D eigenvalue weighted by molar-refractivity contribution is -0.148. The Balaban J connectivity index is 2.23. The van der Waals surface area contributed by atoms with Crippen molar-refractivity contribution in [1.82, 2.24) is 5.32 Å². The topological polar surface area (TPSA) is 55.4 Å². The molecule has 0 aliphatic rings. The Hall–Kier alpha value is -2.07. The van der Waals surface area contributed by atoms with E-state index < -0.39 is 30.1 Å². The van der Waals surface area contributed by atoms with Gasteiger partial charge in [0.15, 0.2) is 18.2 Å². The average molecular weight is 313 g/mol. The van der Waals surface area contributed by atoms with Crippen LogP contribution in [0.3, 0.4) is 0 Å². The van der Waals surface area contributed by atoms with E-state index in [0.717, 1.165) is 12.1 Å². The van der Waals surface area contributed by atoms with Gasteiger partial charge in [-0.3, -0.25) is 9.59 Å². The molecule has 1 amide bonds. The lowest BCUT2D eigenvalue weighted by atomic mass is 10.3. The molecule has 0 aliphatic heterocycles. The molecule has 7 heteroatoms. The predicted molar refractivity (Wildman–Crippen MR) is 74.5 cm³/mol. The molecule has 21 heavy (non-hydrogen) atoms. The zero-order valence-electron chi connectivity index (χ0n) is 11.0. The van der Waals surface area contributed by atoms with Crippen molar-refractivity contribution in [1.29, 1.82) is 0 Å². The van der Waals surface area contributed by atoms with Gasteiger partial charge in [0.25, 0.3) is 5.91 Å². The van der Waals surface area contributed by atoms with Crippen LogP contribution in [0.5, 0.6) is 0 Å². The fraction of sp³-hybridized carbons (Fsp3) is 0.286. The van der Waals surface area contributed by atoms with Crippen molar-refractivity contribution in [2.24, 2.45) is 0 Å². The minimum Gasteiger partial charge on any atom is -0.456 e. The van der Waals surface area contributed by atoms with Gasteiger partial charge in [-0.05, 0) is 18.2 Å². The Morgan fingerprint density at radius 1 is 1.33 bits per heavy atom. The summed E-state index contributed by atoms with van der Waals surface area (Å²) in [6, 6.07) is 3.49. The van der Waals surface area contributed by atoms with Crippen molar-refractivity contribution in [2.75, 3.05) is 18.9 Å². The van der Waals surface area contributed by atoms with Gasteiger partial charge in [-0.2, -0.15) is 0 Å². The zero-order valence-corrected chi connectivity index (χ0v) is 11.8. The number of terminal acetylenes is 1. The molecule has 0 aliphatic carbocycles. The molecule has 4 nitrogen and oxygen atoms in total. The molecule has 0 spiro atoms. The largest absolute Gasteiger partial charge is 0.456 e. The van der Waals surface area contributed by atoms with E-state index >= 15 is 0 Å². The summed E-state index contributed by atoms with van der Waals surface area (Å²) in [6.45, 7) is -0.321. The third kappa shape index (κ3) is 6.77. The number of nitrogens with one attached hydrogen (secondary N) is 1. The smallest absolute Gasteiger partial charge is 0.307 e. The van der Waals surface area contributed by atoms with Crippen LogP contribution in [0.15, 0.2) is 23.1 Å². The highest BCUT2D eigenvalue weighted by Gasteiger charge is 2.08. The van der Waals surface area contributed by atoms with E-state index in [9.17, 15) is 18.4 Å². The fourth-order valence-corrected chi connectivity index (χ4v) is 2.09. The van der Waals surface area contributed by atoms with Crippen molar-refractivity contribution < 1.29 is 23.1 Å². The number of esters is 1. The Morgan fingerprint density at radius 3 is 2.76 bits per heavy atom. The second-order valence-corrected chi connectivity index (χ2v) is 4.98. The van der Waals surface area contributed by atoms with Crippen LogP contribution in [0.2, 0.25) is 0 Å². The van der Waals surface area contributed by atoms with E-state index in [4.69, 9.17) is 11.2 Å². The van der Waals surface area contributed by atoms with Gasteiger partial charge in [0.05, 0.1) is 13.0 Å². The summed E-state index contributed by atoms with van der Waals surface area (Å²) in [7, 11) is 0. The van der Waals surface area contributed by atoms with E-state index in [-0.39, 0.29) is 13.0 Å². The number of carbonyl (C=O) groups excluding carboxylic acids is 2. The summed E-state index contributed by atoms with van der Waals surface area (Å²) < 4.78 is 30.4. The van der Waals surface area contributed by atoms with Crippen LogP contribution in [-0.2, 0) is 14.3 Å². The summed E-state index contributed by atoms with van der Waals surface area (Å²) in [6.07, 6.45) is 5.00. The van der Waals surface area contributed by atoms with E-state index in [1.807, 2.05) is 0 Å². The van der Waals surface area contributed by atoms with Crippen molar-refractivity contribution in [3.05, 3.63) is 29.8 Å². The number of carbonyl (C=O) groups is 2. The van der Waals surface area contributed by atoms with Gasteiger partial charge in [0, 0.05) is 10.6 Å². The molecule has 0 saturated carbocycles. The van der Waals surface area contributed by atoms with E-state index in [0.29, 0.717) is 10.6 Å². The number of halogens is 2. The highest BCUT2D eigenvalue weighted by molar-refractivity contribution is 7.99. The minimum atomic E-state index is -0.937. The fourth-order valence-electron chi connectivity index (χ4n) is 1.24. The molecular formula is C14H13F2NO3S. The van der Waals surface area contributed by atoms with Crippen LogP contribution in [-0.4, -0.2) is 30.8 Å². The molecular weight excluding hydrogens is 300 g/mol. The molecule has 0 saturated heterocycles. The first-order valence-electron chi connectivity index (χ1n) is 5.96. The van der Waals surface area contributed by atoms with Gasteiger partial charge in [0.1, 0.15) is 0 Å². The summed E-state index contributed by atoms with van der Waals surface area (Å²) in [5, 5.41) is 2.35. The third-order valence-electron chi connectivity index (χ3n) is 2.22. The Labute approximate surface area is 125 Å². The number of thioether (sulfide) groups is 1. The normalized spacial score (nSPS) is 9.76. The quantitative estimate of drug-likeness (QED) is 0.473. The van der Waals surface area contributed by atoms with Crippen molar-refractivity contribution in [2.45, 2.75) is 11.3 Å². The first-order valence-corrected chi connectivity index (χ1v) is 6.95. The van der Waals surface area contributed by atoms with E-state index in [1.165, 1.54) is 17.8 Å². The summed E-state index contributed by atoms with van der Waals surface area (Å²) in [4.78, 5) is 23.0. The minimum absolute atomic E-state index is 0.0477. The second-order valence-electron chi connectivity index (χ2n) is 3.82. The van der Waals surface area contributed by atoms with Crippen molar-refractivity contribution >= 4 is 23.6 Å². The first kappa shape index (κ1) is 17.0. The zero-order chi connectivity index (χ0) is 15.7. The number of hydrogen-bond donors (Lipinski definition) is 1. The maximum absolute atomic E-state index is 12.9. The van der Waals surface area contributed by atoms with Crippen LogP contribution >= 0.6 is 11.8 Å². The van der Waals surface area contributed by atoms with Gasteiger partial charge in [-0.25, -0.2) is 8.78 Å². The highest BCUT2D eigenvalue weighted by Crippen LogP contribution is 2.21. The molecule has 1 aromatic rings. The van der Waals surface area contributed by atoms with Crippen LogP contribution in [0.1, 0.15) is 6.42 Å². The molecule has 0 fully saturated rings. The maximum atomic E-state index is 12.9. The average Bonchev–Trinajstić information content (AvgIpc) is 2.46. The van der Waals surface area contributed by atoms with Gasteiger partial charge < -0.3 is 10.1 Å². The van der Waals surface area contributed by atoms with Gasteiger partial charge >= 0.3 is 5.97 Å². The summed E-state index contributed by atoms with van der Waals surface area (Å²) in [5.74, 6) is -0.346. The number of amides is 1. The maximum Gasteiger partial charge on any atom is 0.307 e. The number of hydrogen-bond acceptors (Lipinski definition) is 4. The van der Waals surface area contributed by atoms with Gasteiger partial charge in [-0.15, -0.1) is 18.2 Å². The molecule has 0 radical (unpaired) electrons. The number of rotatable bonds is 7. The lowest BCUT2D eigenvalue weighted by Gasteiger charge is -2.05. The molecule has 0 unspecified atom stereocenters. The lowest BCUT2D eigenvalue weighted by Crippen LogP contribution is -2.29. The van der Waals surface area contributed by atoms with Crippen LogP contribution in [0.25, 0.3) is 0 Å². The SMILES string of the molecule is C#CCNC(=O)COC(=O)CCSc1ccc(F)c(F)c1. The highest BCUT2D eigenvalue weighted by atomic mass is 32.2. The molecule has 0 aromatic heterocycles. The first-order chi connectivity index (χ1) is 10.0. The monoisotopic (exact) mass is 313 g/mol. The number of benzene rings is 1. The Morgan fingerprint density at radius 2 is 2.10 bits per heavy atom. The third-order valence-corrected chi connectivity index (χ3v) is 3.21. The predicted octanol–water partition coefficient (Wildman–Crippen LogP) is 1.74. The van der Waals surface area contributed by atoms with Crippen LogP contribution < -0.4 is 5.32 Å². The Bertz CT molecular complexity index is 558. The van der Waals surface area contributed by atoms with Crippen LogP contribution in [0, 0.1) is 24.0 Å². The molecule has 112 valence electrons. The van der Waals surface area contributed by atoms with Gasteiger partial charge in [-0.1, -0.05) is 5.92 Å². The van der Waals surface area contributed by atoms with Crippen molar-refractivity contribution in [3.63, 3.8) is 0 Å². The standard InChI is InChI=1S/C14H13F2NO3S/c1-2-6-17-13(18)9-20-14(19)5-7-21-10-3-4-11(15)12(16)8-10/h1,3-4,8H,5-7,9H2,(H,17,18). The van der Waals surface area contributed by atoms with Crippen LogP contribution in [0.4, 0.5) is 8.78 Å². The van der Waals surface area contributed by atoms with Crippen molar-refractivity contribution in [3.8, 4) is 12.3 Å². The van der Waals surface area contributed by atoms with Gasteiger partial charge in [0.2, 0.25) is 0 Å². The molecule has 1 N–H and O–H groups in total. The molecule has 1 aromatic carbocycles. The second kappa shape index (κ2) is 8.97. The van der Waals surface area contributed by atoms with E-state index in [1.54, 1.807) is 0 Å². The Kier molecular flexibility index (Phi) is 7.26. The molecule has 1 rings (SSSR count).